The number of sulfone groups is 1. The number of carboxylic acid groups (broad SMARTS) is 1. The van der Waals surface area contributed by atoms with Gasteiger partial charge in [-0.1, -0.05) is 19.1 Å². The molecule has 0 aliphatic carbocycles. The summed E-state index contributed by atoms with van der Waals surface area (Å²) in [6.45, 7) is 1.54. The topological polar surface area (TPSA) is 100 Å². The Hall–Kier alpha value is -2.88. The van der Waals surface area contributed by atoms with E-state index in [9.17, 15) is 26.4 Å². The Morgan fingerprint density at radius 3 is 2.30 bits per heavy atom. The number of alkyl halides is 3. The number of fused-ring (bicyclic) bond motifs is 1. The Labute approximate surface area is 151 Å². The highest BCUT2D eigenvalue weighted by atomic mass is 32.2. The first-order valence-electron chi connectivity index (χ1n) is 7.73. The summed E-state index contributed by atoms with van der Waals surface area (Å²) in [4.78, 5) is 17.3. The molecule has 0 fully saturated rings. The van der Waals surface area contributed by atoms with Crippen LogP contribution >= 0.6 is 0 Å². The minimum atomic E-state index is -5.50. The SMILES string of the molecule is CCc1c(S(=O)(=O)C(F)(F)F)ccc2[nH]c(-c3ccc(C(=O)O)cc3)nc12. The molecule has 1 heterocycles. The second-order valence-corrected chi connectivity index (χ2v) is 7.62. The zero-order valence-corrected chi connectivity index (χ0v) is 14.6. The number of benzene rings is 2. The molecule has 10 heteroatoms. The predicted octanol–water partition coefficient (Wildman–Crippen LogP) is 3.78. The zero-order chi connectivity index (χ0) is 20.0. The van der Waals surface area contributed by atoms with E-state index in [2.05, 4.69) is 9.97 Å². The lowest BCUT2D eigenvalue weighted by Gasteiger charge is -2.12. The summed E-state index contributed by atoms with van der Waals surface area (Å²) in [6, 6.07) is 7.88. The number of halogens is 3. The summed E-state index contributed by atoms with van der Waals surface area (Å²) >= 11 is 0. The molecule has 0 bridgehead atoms. The van der Waals surface area contributed by atoms with Gasteiger partial charge in [-0.2, -0.15) is 13.2 Å². The number of nitrogens with zero attached hydrogens (tertiary/aromatic N) is 1. The number of rotatable bonds is 4. The average Bonchev–Trinajstić information content (AvgIpc) is 3.04. The van der Waals surface area contributed by atoms with Crippen molar-refractivity contribution in [1.29, 1.82) is 0 Å². The molecule has 0 aliphatic rings. The minimum absolute atomic E-state index is 0.0320. The van der Waals surface area contributed by atoms with Crippen LogP contribution < -0.4 is 0 Å². The molecule has 1 aromatic heterocycles. The largest absolute Gasteiger partial charge is 0.501 e. The molecule has 6 nitrogen and oxygen atoms in total. The first-order valence-corrected chi connectivity index (χ1v) is 9.21. The van der Waals surface area contributed by atoms with Gasteiger partial charge in [0.2, 0.25) is 0 Å². The maximum atomic E-state index is 12.9. The highest BCUT2D eigenvalue weighted by Gasteiger charge is 2.48. The molecule has 3 rings (SSSR count). The number of carbonyl (C=O) groups is 1. The molecular weight excluding hydrogens is 385 g/mol. The molecule has 3 aromatic rings. The fraction of sp³-hybridized carbons (Fsp3) is 0.176. The number of hydrogen-bond donors (Lipinski definition) is 2. The Kier molecular flexibility index (Phi) is 4.46. The van der Waals surface area contributed by atoms with Gasteiger partial charge in [-0.15, -0.1) is 0 Å². The third-order valence-electron chi connectivity index (χ3n) is 4.07. The fourth-order valence-electron chi connectivity index (χ4n) is 2.74. The molecule has 0 radical (unpaired) electrons. The Morgan fingerprint density at radius 2 is 1.78 bits per heavy atom. The van der Waals surface area contributed by atoms with E-state index in [1.165, 1.54) is 30.3 Å². The molecule has 27 heavy (non-hydrogen) atoms. The second-order valence-electron chi connectivity index (χ2n) is 5.71. The average molecular weight is 398 g/mol. The van der Waals surface area contributed by atoms with Crippen LogP contribution in [0.3, 0.4) is 0 Å². The molecule has 0 amide bonds. The fourth-order valence-corrected chi connectivity index (χ4v) is 3.80. The number of aryl methyl sites for hydroxylation is 1. The number of H-pyrrole nitrogens is 1. The van der Waals surface area contributed by atoms with Crippen LogP contribution in [0.5, 0.6) is 0 Å². The number of aromatic nitrogens is 2. The molecule has 0 saturated heterocycles. The first-order chi connectivity index (χ1) is 12.6. The number of aromatic amines is 1. The molecule has 0 spiro atoms. The second kappa shape index (κ2) is 6.38. The maximum Gasteiger partial charge on any atom is 0.501 e. The van der Waals surface area contributed by atoms with E-state index >= 15 is 0 Å². The monoisotopic (exact) mass is 398 g/mol. The van der Waals surface area contributed by atoms with Crippen LogP contribution in [0.15, 0.2) is 41.3 Å². The van der Waals surface area contributed by atoms with Crippen LogP contribution in [0.4, 0.5) is 13.2 Å². The van der Waals surface area contributed by atoms with E-state index in [1.807, 2.05) is 0 Å². The predicted molar refractivity (Wildman–Crippen MR) is 91.1 cm³/mol. The van der Waals surface area contributed by atoms with Crippen molar-refractivity contribution in [3.05, 3.63) is 47.5 Å². The summed E-state index contributed by atoms with van der Waals surface area (Å²) in [5.74, 6) is -0.806. The number of imidazole rings is 1. The highest BCUT2D eigenvalue weighted by Crippen LogP contribution is 2.35. The number of nitrogens with one attached hydrogen (secondary N) is 1. The van der Waals surface area contributed by atoms with Gasteiger partial charge in [0.15, 0.2) is 0 Å². The van der Waals surface area contributed by atoms with Crippen LogP contribution in [-0.2, 0) is 16.3 Å². The third kappa shape index (κ3) is 3.16. The number of aromatic carboxylic acids is 1. The van der Waals surface area contributed by atoms with Crippen molar-refractivity contribution in [2.75, 3.05) is 0 Å². The van der Waals surface area contributed by atoms with Crippen LogP contribution in [0, 0.1) is 0 Å². The van der Waals surface area contributed by atoms with Crippen molar-refractivity contribution in [2.24, 2.45) is 0 Å². The lowest BCUT2D eigenvalue weighted by atomic mass is 10.1. The van der Waals surface area contributed by atoms with Crippen LogP contribution in [0.25, 0.3) is 22.4 Å². The van der Waals surface area contributed by atoms with Gasteiger partial charge >= 0.3 is 11.5 Å². The van der Waals surface area contributed by atoms with E-state index in [-0.39, 0.29) is 28.9 Å². The summed E-state index contributed by atoms with van der Waals surface area (Å²) in [5, 5.41) is 8.93. The summed E-state index contributed by atoms with van der Waals surface area (Å²) in [6.07, 6.45) is 0.0320. The zero-order valence-electron chi connectivity index (χ0n) is 13.8. The van der Waals surface area contributed by atoms with Crippen molar-refractivity contribution in [1.82, 2.24) is 9.97 Å². The molecule has 2 N–H and O–H groups in total. The third-order valence-corrected chi connectivity index (χ3v) is 5.64. The van der Waals surface area contributed by atoms with Crippen molar-refractivity contribution in [2.45, 2.75) is 23.7 Å². The van der Waals surface area contributed by atoms with E-state index in [0.717, 1.165) is 6.07 Å². The van der Waals surface area contributed by atoms with Gasteiger partial charge in [-0.05, 0) is 36.2 Å². The van der Waals surface area contributed by atoms with Gasteiger partial charge in [0.1, 0.15) is 5.82 Å². The Bertz CT molecular complexity index is 1130. The molecular formula is C17H13F3N2O4S. The highest BCUT2D eigenvalue weighted by molar-refractivity contribution is 7.92. The van der Waals surface area contributed by atoms with E-state index < -0.39 is 26.2 Å². The number of hydrogen-bond acceptors (Lipinski definition) is 4. The number of carboxylic acids is 1. The molecule has 142 valence electrons. The van der Waals surface area contributed by atoms with Crippen LogP contribution in [-0.4, -0.2) is 35.0 Å². The van der Waals surface area contributed by atoms with E-state index in [4.69, 9.17) is 5.11 Å². The van der Waals surface area contributed by atoms with Crippen molar-refractivity contribution in [3.8, 4) is 11.4 Å². The van der Waals surface area contributed by atoms with Gasteiger partial charge in [0.05, 0.1) is 21.5 Å². The summed E-state index contributed by atoms with van der Waals surface area (Å²) in [7, 11) is -5.50. The van der Waals surface area contributed by atoms with Gasteiger partial charge in [0, 0.05) is 5.56 Å². The smallest absolute Gasteiger partial charge is 0.478 e. The van der Waals surface area contributed by atoms with Crippen molar-refractivity contribution in [3.63, 3.8) is 0 Å². The minimum Gasteiger partial charge on any atom is -0.478 e. The summed E-state index contributed by atoms with van der Waals surface area (Å²) in [5.41, 5.74) is -4.35. The lowest BCUT2D eigenvalue weighted by molar-refractivity contribution is -0.0436. The Morgan fingerprint density at radius 1 is 1.15 bits per heavy atom. The molecule has 0 atom stereocenters. The van der Waals surface area contributed by atoms with Crippen molar-refractivity contribution >= 4 is 26.8 Å². The maximum absolute atomic E-state index is 12.9. The van der Waals surface area contributed by atoms with Gasteiger partial charge in [0.25, 0.3) is 9.84 Å². The van der Waals surface area contributed by atoms with E-state index in [1.54, 1.807) is 6.92 Å². The molecule has 2 aromatic carbocycles. The van der Waals surface area contributed by atoms with E-state index in [0.29, 0.717) is 11.1 Å². The summed E-state index contributed by atoms with van der Waals surface area (Å²) < 4.78 is 62.5. The van der Waals surface area contributed by atoms with Crippen LogP contribution in [0.1, 0.15) is 22.8 Å². The standard InChI is InChI=1S/C17H13F3N2O4S/c1-2-11-13(27(25,26)17(18,19)20)8-7-12-14(11)22-15(21-12)9-3-5-10(6-4-9)16(23)24/h3-8H,2H2,1H3,(H,21,22)(H,23,24). The van der Waals surface area contributed by atoms with Gasteiger partial charge in [-0.25, -0.2) is 18.2 Å². The first kappa shape index (κ1) is 18.9. The molecule has 0 saturated carbocycles. The Balaban J connectivity index is 2.17. The molecule has 0 unspecified atom stereocenters. The normalized spacial score (nSPS) is 12.4. The van der Waals surface area contributed by atoms with Crippen molar-refractivity contribution < 1.29 is 31.5 Å². The van der Waals surface area contributed by atoms with Gasteiger partial charge < -0.3 is 10.1 Å². The lowest BCUT2D eigenvalue weighted by Crippen LogP contribution is -2.24. The quantitative estimate of drug-likeness (QED) is 0.697. The van der Waals surface area contributed by atoms with Crippen LogP contribution in [0.2, 0.25) is 0 Å². The van der Waals surface area contributed by atoms with Gasteiger partial charge in [-0.3, -0.25) is 0 Å². The molecule has 0 aliphatic heterocycles.